The Morgan fingerprint density at radius 3 is 2.65 bits per heavy atom. The van der Waals surface area contributed by atoms with Gasteiger partial charge in [-0.15, -0.1) is 5.10 Å². The van der Waals surface area contributed by atoms with Gasteiger partial charge in [-0.1, -0.05) is 11.2 Å². The number of aromatic nitrogens is 6. The van der Waals surface area contributed by atoms with Crippen molar-refractivity contribution in [1.29, 1.82) is 0 Å². The summed E-state index contributed by atoms with van der Waals surface area (Å²) in [4.78, 5) is 38.3. The zero-order chi connectivity index (χ0) is 21.8. The van der Waals surface area contributed by atoms with Crippen molar-refractivity contribution in [2.75, 3.05) is 46.4 Å². The molecule has 1 saturated heterocycles. The predicted molar refractivity (Wildman–Crippen MR) is 114 cm³/mol. The van der Waals surface area contributed by atoms with Gasteiger partial charge in [0.2, 0.25) is 0 Å². The van der Waals surface area contributed by atoms with Gasteiger partial charge in [0.25, 0.3) is 5.56 Å². The molecule has 0 atom stereocenters. The number of pyridine rings is 1. The van der Waals surface area contributed by atoms with E-state index in [9.17, 15) is 9.59 Å². The molecule has 0 aromatic carbocycles. The van der Waals surface area contributed by atoms with Gasteiger partial charge in [0.1, 0.15) is 0 Å². The van der Waals surface area contributed by atoms with Crippen molar-refractivity contribution >= 4 is 11.2 Å². The standard InChI is InChI=1S/C20H26N8O3/c1-25-8-10-27(11-9-25)7-4-12-31-19-22-16-17(23-24-19)28(20(30)26(2)18(16)29)14-15-5-3-6-21-13-15/h3,5-6,13H,4,7-12,14H2,1-2H3. The second-order valence-electron chi connectivity index (χ2n) is 7.71. The maximum atomic E-state index is 12.6. The van der Waals surface area contributed by atoms with E-state index < -0.39 is 11.2 Å². The van der Waals surface area contributed by atoms with E-state index in [-0.39, 0.29) is 23.7 Å². The first-order chi connectivity index (χ1) is 15.0. The summed E-state index contributed by atoms with van der Waals surface area (Å²) < 4.78 is 8.03. The summed E-state index contributed by atoms with van der Waals surface area (Å²) in [6.07, 6.45) is 4.13. The van der Waals surface area contributed by atoms with Crippen molar-refractivity contribution in [3.8, 4) is 6.01 Å². The summed E-state index contributed by atoms with van der Waals surface area (Å²) in [5, 5.41) is 8.08. The van der Waals surface area contributed by atoms with Gasteiger partial charge in [-0.05, 0) is 25.1 Å². The molecule has 31 heavy (non-hydrogen) atoms. The number of hydrogen-bond acceptors (Lipinski definition) is 9. The number of likely N-dealkylation sites (N-methyl/N-ethyl adjacent to an activating group) is 1. The molecule has 1 fully saturated rings. The fourth-order valence-electron chi connectivity index (χ4n) is 3.55. The molecular weight excluding hydrogens is 400 g/mol. The number of hydrogen-bond donors (Lipinski definition) is 0. The number of rotatable bonds is 7. The molecule has 0 spiro atoms. The smallest absolute Gasteiger partial charge is 0.336 e. The fourth-order valence-corrected chi connectivity index (χ4v) is 3.55. The third kappa shape index (κ3) is 4.78. The Balaban J connectivity index is 1.49. The van der Waals surface area contributed by atoms with Crippen molar-refractivity contribution in [2.24, 2.45) is 7.05 Å². The van der Waals surface area contributed by atoms with Crippen LogP contribution in [0.15, 0.2) is 34.1 Å². The molecule has 0 N–H and O–H groups in total. The summed E-state index contributed by atoms with van der Waals surface area (Å²) in [5.41, 5.74) is -0.0368. The molecule has 1 aliphatic heterocycles. The van der Waals surface area contributed by atoms with E-state index in [1.165, 1.54) is 11.6 Å². The van der Waals surface area contributed by atoms with Crippen LogP contribution in [0.3, 0.4) is 0 Å². The van der Waals surface area contributed by atoms with E-state index in [1.54, 1.807) is 18.5 Å². The highest BCUT2D eigenvalue weighted by molar-refractivity contribution is 5.68. The highest BCUT2D eigenvalue weighted by atomic mass is 16.5. The molecule has 3 aromatic heterocycles. The third-order valence-electron chi connectivity index (χ3n) is 5.44. The monoisotopic (exact) mass is 426 g/mol. The minimum atomic E-state index is -0.528. The first kappa shape index (κ1) is 21.1. The largest absolute Gasteiger partial charge is 0.462 e. The minimum absolute atomic E-state index is 0.0366. The van der Waals surface area contributed by atoms with Gasteiger partial charge in [-0.3, -0.25) is 18.9 Å². The normalized spacial score (nSPS) is 15.4. The Labute approximate surface area is 178 Å². The molecule has 164 valence electrons. The van der Waals surface area contributed by atoms with E-state index in [4.69, 9.17) is 4.74 Å². The lowest BCUT2D eigenvalue weighted by molar-refractivity contribution is 0.144. The summed E-state index contributed by atoms with van der Waals surface area (Å²) in [7, 11) is 3.55. The van der Waals surface area contributed by atoms with E-state index in [0.29, 0.717) is 6.61 Å². The van der Waals surface area contributed by atoms with Crippen LogP contribution in [-0.4, -0.2) is 85.5 Å². The molecule has 1 aliphatic rings. The quantitative estimate of drug-likeness (QED) is 0.455. The number of piperazine rings is 1. The lowest BCUT2D eigenvalue weighted by Crippen LogP contribution is -2.44. The summed E-state index contributed by atoms with van der Waals surface area (Å²) in [6.45, 7) is 5.81. The molecule has 0 aliphatic carbocycles. The Morgan fingerprint density at radius 2 is 1.90 bits per heavy atom. The van der Waals surface area contributed by atoms with Crippen LogP contribution in [0.5, 0.6) is 6.01 Å². The SMILES string of the molecule is CN1CCN(CCCOc2nnc3c(n2)c(=O)n(C)c(=O)n3Cc2cccnc2)CC1. The second kappa shape index (κ2) is 9.31. The third-order valence-corrected chi connectivity index (χ3v) is 5.44. The van der Waals surface area contributed by atoms with Gasteiger partial charge < -0.3 is 14.5 Å². The summed E-state index contributed by atoms with van der Waals surface area (Å²) in [5.74, 6) is 0. The van der Waals surface area contributed by atoms with Crippen molar-refractivity contribution in [3.05, 3.63) is 50.9 Å². The Kier molecular flexibility index (Phi) is 6.33. The highest BCUT2D eigenvalue weighted by Gasteiger charge is 2.17. The van der Waals surface area contributed by atoms with Crippen LogP contribution >= 0.6 is 0 Å². The Bertz CT molecular complexity index is 1150. The molecule has 3 aromatic rings. The topological polar surface area (TPSA) is 111 Å². The van der Waals surface area contributed by atoms with Crippen molar-refractivity contribution in [2.45, 2.75) is 13.0 Å². The zero-order valence-electron chi connectivity index (χ0n) is 17.8. The second-order valence-corrected chi connectivity index (χ2v) is 7.71. The van der Waals surface area contributed by atoms with E-state index in [0.717, 1.165) is 49.3 Å². The van der Waals surface area contributed by atoms with Crippen LogP contribution in [-0.2, 0) is 13.6 Å². The van der Waals surface area contributed by atoms with Gasteiger partial charge in [0.15, 0.2) is 11.2 Å². The van der Waals surface area contributed by atoms with Crippen LogP contribution in [0.1, 0.15) is 12.0 Å². The molecule has 0 saturated carbocycles. The van der Waals surface area contributed by atoms with Gasteiger partial charge in [-0.2, -0.15) is 4.98 Å². The van der Waals surface area contributed by atoms with Crippen LogP contribution in [0, 0.1) is 0 Å². The minimum Gasteiger partial charge on any atom is -0.462 e. The van der Waals surface area contributed by atoms with Gasteiger partial charge in [0.05, 0.1) is 13.2 Å². The number of fused-ring (bicyclic) bond motifs is 1. The molecule has 11 heteroatoms. The molecule has 4 rings (SSSR count). The molecule has 0 bridgehead atoms. The molecule has 0 unspecified atom stereocenters. The lowest BCUT2D eigenvalue weighted by Gasteiger charge is -2.32. The molecular formula is C20H26N8O3. The van der Waals surface area contributed by atoms with E-state index in [1.807, 2.05) is 6.07 Å². The number of nitrogens with zero attached hydrogens (tertiary/aromatic N) is 8. The Morgan fingerprint density at radius 1 is 1.10 bits per heavy atom. The van der Waals surface area contributed by atoms with Gasteiger partial charge >= 0.3 is 11.7 Å². The van der Waals surface area contributed by atoms with E-state index in [2.05, 4.69) is 37.0 Å². The fraction of sp³-hybridized carbons (Fsp3) is 0.500. The van der Waals surface area contributed by atoms with E-state index >= 15 is 0 Å². The van der Waals surface area contributed by atoms with Crippen molar-refractivity contribution in [3.63, 3.8) is 0 Å². The van der Waals surface area contributed by atoms with Gasteiger partial charge in [-0.25, -0.2) is 4.79 Å². The highest BCUT2D eigenvalue weighted by Crippen LogP contribution is 2.09. The zero-order valence-corrected chi connectivity index (χ0v) is 17.8. The lowest BCUT2D eigenvalue weighted by atomic mass is 10.3. The predicted octanol–water partition coefficient (Wildman–Crippen LogP) is -0.655. The van der Waals surface area contributed by atoms with Crippen LogP contribution < -0.4 is 16.0 Å². The maximum absolute atomic E-state index is 12.6. The van der Waals surface area contributed by atoms with Crippen LogP contribution in [0.25, 0.3) is 11.2 Å². The van der Waals surface area contributed by atoms with Crippen LogP contribution in [0.4, 0.5) is 0 Å². The molecule has 0 amide bonds. The average Bonchev–Trinajstić information content (AvgIpc) is 2.80. The molecule has 11 nitrogen and oxygen atoms in total. The van der Waals surface area contributed by atoms with Crippen molar-refractivity contribution in [1.82, 2.24) is 39.1 Å². The first-order valence-electron chi connectivity index (χ1n) is 10.3. The first-order valence-corrected chi connectivity index (χ1v) is 10.3. The summed E-state index contributed by atoms with van der Waals surface area (Å²) >= 11 is 0. The number of ether oxygens (including phenoxy) is 1. The molecule has 4 heterocycles. The van der Waals surface area contributed by atoms with Crippen molar-refractivity contribution < 1.29 is 4.74 Å². The van der Waals surface area contributed by atoms with Crippen LogP contribution in [0.2, 0.25) is 0 Å². The summed E-state index contributed by atoms with van der Waals surface area (Å²) in [6, 6.07) is 3.66. The molecule has 0 radical (unpaired) electrons. The van der Waals surface area contributed by atoms with Gasteiger partial charge in [0, 0.05) is 52.2 Å². The Hall–Kier alpha value is -3.18. The maximum Gasteiger partial charge on any atom is 0.336 e. The average molecular weight is 426 g/mol.